The number of ketones is 1. The SMILES string of the molecule is COC(=O)C1CC=C(C(C)=O)CC1C(=O)O. The number of ether oxygens (including phenoxy) is 1. The van der Waals surface area contributed by atoms with Crippen molar-refractivity contribution in [1.29, 1.82) is 0 Å². The monoisotopic (exact) mass is 226 g/mol. The Morgan fingerprint density at radius 2 is 2.00 bits per heavy atom. The summed E-state index contributed by atoms with van der Waals surface area (Å²) in [7, 11) is 1.23. The number of carboxylic acids is 1. The summed E-state index contributed by atoms with van der Waals surface area (Å²) in [6, 6.07) is 0. The predicted molar refractivity (Wildman–Crippen MR) is 54.6 cm³/mol. The van der Waals surface area contributed by atoms with Gasteiger partial charge in [0.25, 0.3) is 0 Å². The van der Waals surface area contributed by atoms with E-state index in [2.05, 4.69) is 4.74 Å². The van der Waals surface area contributed by atoms with Gasteiger partial charge in [-0.2, -0.15) is 0 Å². The summed E-state index contributed by atoms with van der Waals surface area (Å²) in [6.07, 6.45) is 1.98. The number of hydrogen-bond donors (Lipinski definition) is 1. The molecule has 1 aliphatic rings. The van der Waals surface area contributed by atoms with Crippen LogP contribution in [0.3, 0.4) is 0 Å². The van der Waals surface area contributed by atoms with Crippen LogP contribution in [0.4, 0.5) is 0 Å². The van der Waals surface area contributed by atoms with Gasteiger partial charge in [0, 0.05) is 0 Å². The third-order valence-corrected chi connectivity index (χ3v) is 2.82. The van der Waals surface area contributed by atoms with E-state index in [1.165, 1.54) is 14.0 Å². The lowest BCUT2D eigenvalue weighted by Crippen LogP contribution is -2.33. The lowest BCUT2D eigenvalue weighted by Gasteiger charge is -2.25. The van der Waals surface area contributed by atoms with Crippen LogP contribution in [0.25, 0.3) is 0 Å². The Kier molecular flexibility index (Phi) is 3.82. The van der Waals surface area contributed by atoms with Gasteiger partial charge in [0.15, 0.2) is 5.78 Å². The fourth-order valence-corrected chi connectivity index (χ4v) is 1.85. The molecule has 0 bridgehead atoms. The molecule has 2 atom stereocenters. The van der Waals surface area contributed by atoms with E-state index in [1.54, 1.807) is 6.08 Å². The third-order valence-electron chi connectivity index (χ3n) is 2.82. The minimum Gasteiger partial charge on any atom is -0.481 e. The Bertz CT molecular complexity index is 355. The molecule has 2 unspecified atom stereocenters. The van der Waals surface area contributed by atoms with Gasteiger partial charge in [-0.05, 0) is 25.3 Å². The first-order valence-electron chi connectivity index (χ1n) is 4.98. The molecule has 0 radical (unpaired) electrons. The van der Waals surface area contributed by atoms with Gasteiger partial charge in [0.2, 0.25) is 0 Å². The average Bonchev–Trinajstić information content (AvgIpc) is 2.26. The topological polar surface area (TPSA) is 80.7 Å². The van der Waals surface area contributed by atoms with Crippen LogP contribution in [-0.2, 0) is 19.1 Å². The van der Waals surface area contributed by atoms with Gasteiger partial charge in [-0.15, -0.1) is 0 Å². The molecular weight excluding hydrogens is 212 g/mol. The fraction of sp³-hybridized carbons (Fsp3) is 0.545. The Morgan fingerprint density at radius 1 is 1.38 bits per heavy atom. The number of carbonyl (C=O) groups excluding carboxylic acids is 2. The number of Topliss-reactive ketones (excluding diaryl/α,β-unsaturated/α-hetero) is 1. The molecule has 0 heterocycles. The van der Waals surface area contributed by atoms with E-state index in [1.807, 2.05) is 0 Å². The first kappa shape index (κ1) is 12.4. The van der Waals surface area contributed by atoms with Crippen molar-refractivity contribution in [3.8, 4) is 0 Å². The van der Waals surface area contributed by atoms with Crippen LogP contribution in [0.5, 0.6) is 0 Å². The second-order valence-electron chi connectivity index (χ2n) is 3.80. The molecule has 1 rings (SSSR count). The van der Waals surface area contributed by atoms with Crippen LogP contribution >= 0.6 is 0 Å². The van der Waals surface area contributed by atoms with E-state index in [0.29, 0.717) is 5.57 Å². The molecular formula is C11H14O5. The summed E-state index contributed by atoms with van der Waals surface area (Å²) in [5, 5.41) is 9.01. The molecule has 16 heavy (non-hydrogen) atoms. The van der Waals surface area contributed by atoms with E-state index in [0.717, 1.165) is 0 Å². The molecule has 0 saturated heterocycles. The van der Waals surface area contributed by atoms with E-state index in [4.69, 9.17) is 5.11 Å². The van der Waals surface area contributed by atoms with Crippen molar-refractivity contribution in [2.75, 3.05) is 7.11 Å². The second-order valence-corrected chi connectivity index (χ2v) is 3.80. The highest BCUT2D eigenvalue weighted by Gasteiger charge is 2.37. The quantitative estimate of drug-likeness (QED) is 0.719. The number of hydrogen-bond acceptors (Lipinski definition) is 4. The first-order valence-corrected chi connectivity index (χ1v) is 4.98. The number of rotatable bonds is 3. The molecule has 5 heteroatoms. The van der Waals surface area contributed by atoms with Crippen molar-refractivity contribution in [2.45, 2.75) is 19.8 Å². The predicted octanol–water partition coefficient (Wildman–Crippen LogP) is 0.786. The molecule has 1 aliphatic carbocycles. The largest absolute Gasteiger partial charge is 0.481 e. The number of aliphatic carboxylic acids is 1. The van der Waals surface area contributed by atoms with Gasteiger partial charge >= 0.3 is 11.9 Å². The van der Waals surface area contributed by atoms with Gasteiger partial charge in [-0.25, -0.2) is 0 Å². The number of esters is 1. The fourth-order valence-electron chi connectivity index (χ4n) is 1.85. The zero-order chi connectivity index (χ0) is 12.3. The van der Waals surface area contributed by atoms with E-state index < -0.39 is 23.8 Å². The summed E-state index contributed by atoms with van der Waals surface area (Å²) in [4.78, 5) is 33.5. The molecule has 88 valence electrons. The summed E-state index contributed by atoms with van der Waals surface area (Å²) < 4.78 is 4.55. The Morgan fingerprint density at radius 3 is 2.44 bits per heavy atom. The van der Waals surface area contributed by atoms with Crippen LogP contribution in [0.15, 0.2) is 11.6 Å². The molecule has 0 fully saturated rings. The highest BCUT2D eigenvalue weighted by Crippen LogP contribution is 2.31. The Balaban J connectivity index is 2.92. The second kappa shape index (κ2) is 4.92. The Hall–Kier alpha value is -1.65. The van der Waals surface area contributed by atoms with E-state index in [9.17, 15) is 14.4 Å². The maximum absolute atomic E-state index is 11.4. The molecule has 0 spiro atoms. The summed E-state index contributed by atoms with van der Waals surface area (Å²) >= 11 is 0. The van der Waals surface area contributed by atoms with Crippen molar-refractivity contribution < 1.29 is 24.2 Å². The van der Waals surface area contributed by atoms with Crippen molar-refractivity contribution in [3.05, 3.63) is 11.6 Å². The molecule has 0 saturated carbocycles. The molecule has 1 N–H and O–H groups in total. The standard InChI is InChI=1S/C11H14O5/c1-6(12)7-3-4-8(11(15)16-2)9(5-7)10(13)14/h3,8-9H,4-5H2,1-2H3,(H,13,14). The zero-order valence-corrected chi connectivity index (χ0v) is 9.23. The molecule has 0 amide bonds. The van der Waals surface area contributed by atoms with Gasteiger partial charge in [-0.3, -0.25) is 14.4 Å². The van der Waals surface area contributed by atoms with Crippen molar-refractivity contribution in [2.24, 2.45) is 11.8 Å². The molecule has 0 aromatic heterocycles. The average molecular weight is 226 g/mol. The van der Waals surface area contributed by atoms with Gasteiger partial charge in [0.1, 0.15) is 0 Å². The lowest BCUT2D eigenvalue weighted by molar-refractivity contribution is -0.156. The van der Waals surface area contributed by atoms with Crippen LogP contribution < -0.4 is 0 Å². The molecule has 0 aromatic carbocycles. The van der Waals surface area contributed by atoms with Crippen LogP contribution in [0, 0.1) is 11.8 Å². The number of carbonyl (C=O) groups is 3. The number of allylic oxidation sites excluding steroid dienone is 2. The first-order chi connectivity index (χ1) is 7.47. The number of carboxylic acid groups (broad SMARTS) is 1. The van der Waals surface area contributed by atoms with Gasteiger partial charge < -0.3 is 9.84 Å². The minimum atomic E-state index is -1.07. The summed E-state index contributed by atoms with van der Waals surface area (Å²) in [5.74, 6) is -3.30. The van der Waals surface area contributed by atoms with E-state index >= 15 is 0 Å². The maximum Gasteiger partial charge on any atom is 0.309 e. The Labute approximate surface area is 93.1 Å². The van der Waals surface area contributed by atoms with E-state index in [-0.39, 0.29) is 18.6 Å². The zero-order valence-electron chi connectivity index (χ0n) is 9.23. The summed E-state index contributed by atoms with van der Waals surface area (Å²) in [5.41, 5.74) is 0.479. The maximum atomic E-state index is 11.4. The lowest BCUT2D eigenvalue weighted by atomic mass is 9.78. The van der Waals surface area contributed by atoms with Crippen LogP contribution in [-0.4, -0.2) is 29.9 Å². The molecule has 0 aliphatic heterocycles. The highest BCUT2D eigenvalue weighted by atomic mass is 16.5. The van der Waals surface area contributed by atoms with Crippen LogP contribution in [0.2, 0.25) is 0 Å². The third kappa shape index (κ3) is 2.48. The molecule has 0 aromatic rings. The van der Waals surface area contributed by atoms with Crippen molar-refractivity contribution >= 4 is 17.7 Å². The number of methoxy groups -OCH3 is 1. The van der Waals surface area contributed by atoms with Crippen molar-refractivity contribution in [1.82, 2.24) is 0 Å². The van der Waals surface area contributed by atoms with Gasteiger partial charge in [0.05, 0.1) is 18.9 Å². The highest BCUT2D eigenvalue weighted by molar-refractivity contribution is 5.95. The minimum absolute atomic E-state index is 0.102. The molecule has 5 nitrogen and oxygen atoms in total. The smallest absolute Gasteiger partial charge is 0.309 e. The normalized spacial score (nSPS) is 24.5. The summed E-state index contributed by atoms with van der Waals surface area (Å²) in [6.45, 7) is 1.39. The van der Waals surface area contributed by atoms with Crippen LogP contribution in [0.1, 0.15) is 19.8 Å². The van der Waals surface area contributed by atoms with Crippen molar-refractivity contribution in [3.63, 3.8) is 0 Å². The van der Waals surface area contributed by atoms with Gasteiger partial charge in [-0.1, -0.05) is 6.08 Å².